The third-order valence-corrected chi connectivity index (χ3v) is 11.9. The molecule has 0 aliphatic carbocycles. The van der Waals surface area contributed by atoms with Crippen LogP contribution in [0.15, 0.2) is 85.1 Å². The van der Waals surface area contributed by atoms with Gasteiger partial charge in [-0.05, 0) is 64.2 Å². The van der Waals surface area contributed by atoms with Crippen molar-refractivity contribution in [3.05, 3.63) is 85.1 Å². The first-order valence-corrected chi connectivity index (χ1v) is 26.9. The normalized spacial score (nSPS) is 13.9. The molecule has 0 aliphatic rings. The van der Waals surface area contributed by atoms with Gasteiger partial charge >= 0.3 is 5.97 Å². The van der Waals surface area contributed by atoms with Crippen LogP contribution in [0, 0.1) is 0 Å². The molecule has 3 N–H and O–H groups in total. The van der Waals surface area contributed by atoms with Gasteiger partial charge in [0, 0.05) is 6.42 Å². The molecule has 64 heavy (non-hydrogen) atoms. The van der Waals surface area contributed by atoms with Crippen LogP contribution < -0.4 is 5.32 Å². The minimum atomic E-state index is -0.802. The van der Waals surface area contributed by atoms with E-state index in [1.807, 2.05) is 18.2 Å². The fourth-order valence-corrected chi connectivity index (χ4v) is 7.85. The first-order chi connectivity index (χ1) is 31.5. The first-order valence-electron chi connectivity index (χ1n) is 26.9. The van der Waals surface area contributed by atoms with Gasteiger partial charge in [-0.25, -0.2) is 0 Å². The third kappa shape index (κ3) is 45.6. The highest BCUT2D eigenvalue weighted by atomic mass is 16.5. The van der Waals surface area contributed by atoms with Crippen molar-refractivity contribution in [3.8, 4) is 0 Å². The van der Waals surface area contributed by atoms with Gasteiger partial charge in [-0.2, -0.15) is 0 Å². The summed E-state index contributed by atoms with van der Waals surface area (Å²) in [6.45, 7) is 6.21. The molecule has 0 saturated carbocycles. The van der Waals surface area contributed by atoms with E-state index in [4.69, 9.17) is 4.74 Å². The molecular weight excluding hydrogens is 791 g/mol. The number of carbonyl (C=O) groups is 2. The predicted molar refractivity (Wildman–Crippen MR) is 278 cm³/mol. The largest absolute Gasteiger partial charge is 0.462 e. The molecule has 0 rings (SSSR count). The van der Waals surface area contributed by atoms with Crippen LogP contribution in [0.3, 0.4) is 0 Å². The van der Waals surface area contributed by atoms with Crippen molar-refractivity contribution in [2.24, 2.45) is 0 Å². The highest BCUT2D eigenvalue weighted by molar-refractivity contribution is 5.77. The summed E-state index contributed by atoms with van der Waals surface area (Å²) >= 11 is 0. The predicted octanol–water partition coefficient (Wildman–Crippen LogP) is 16.3. The Morgan fingerprint density at radius 1 is 0.469 bits per heavy atom. The monoisotopic (exact) mass is 892 g/mol. The number of esters is 1. The Labute approximate surface area is 395 Å². The lowest BCUT2D eigenvalue weighted by atomic mass is 10.0. The van der Waals surface area contributed by atoms with E-state index >= 15 is 0 Å². The number of unbranched alkanes of at least 4 members (excludes halogenated alkanes) is 26. The smallest absolute Gasteiger partial charge is 0.306 e. The Balaban J connectivity index is 4.58. The fraction of sp³-hybridized carbons (Fsp3) is 0.724. The number of hydrogen-bond donors (Lipinski definition) is 3. The number of hydrogen-bond acceptors (Lipinski definition) is 5. The van der Waals surface area contributed by atoms with Crippen LogP contribution in [0.1, 0.15) is 245 Å². The van der Waals surface area contributed by atoms with Crippen molar-refractivity contribution < 1.29 is 24.5 Å². The van der Waals surface area contributed by atoms with Gasteiger partial charge in [0.2, 0.25) is 5.91 Å². The second-order valence-electron chi connectivity index (χ2n) is 18.0. The molecule has 0 aromatic heterocycles. The molecule has 0 radical (unpaired) electrons. The minimum Gasteiger partial charge on any atom is -0.462 e. The van der Waals surface area contributed by atoms with E-state index in [9.17, 15) is 19.8 Å². The van der Waals surface area contributed by atoms with Crippen molar-refractivity contribution in [2.45, 2.75) is 264 Å². The molecule has 0 heterocycles. The molecule has 368 valence electrons. The van der Waals surface area contributed by atoms with Gasteiger partial charge in [0.05, 0.1) is 25.2 Å². The van der Waals surface area contributed by atoms with Gasteiger partial charge in [-0.3, -0.25) is 9.59 Å². The lowest BCUT2D eigenvalue weighted by Gasteiger charge is -2.24. The molecule has 0 aliphatic heterocycles. The van der Waals surface area contributed by atoms with E-state index in [1.54, 1.807) is 0 Å². The molecular formula is C58H101NO5. The number of ether oxygens (including phenoxy) is 1. The summed E-state index contributed by atoms with van der Waals surface area (Å²) in [6.07, 6.45) is 66.4. The Hall–Kier alpha value is -2.96. The maximum atomic E-state index is 13.2. The van der Waals surface area contributed by atoms with Gasteiger partial charge < -0.3 is 20.3 Å². The average molecular weight is 892 g/mol. The van der Waals surface area contributed by atoms with Gasteiger partial charge in [0.25, 0.3) is 0 Å². The molecule has 0 fully saturated rings. The average Bonchev–Trinajstić information content (AvgIpc) is 3.29. The lowest BCUT2D eigenvalue weighted by Crippen LogP contribution is -2.46. The summed E-state index contributed by atoms with van der Waals surface area (Å²) in [4.78, 5) is 26.2. The highest BCUT2D eigenvalue weighted by Gasteiger charge is 2.24. The second-order valence-corrected chi connectivity index (χ2v) is 18.0. The van der Waals surface area contributed by atoms with Crippen molar-refractivity contribution in [1.29, 1.82) is 0 Å². The number of aliphatic hydroxyl groups is 2. The summed E-state index contributed by atoms with van der Waals surface area (Å²) in [5.41, 5.74) is 0. The summed E-state index contributed by atoms with van der Waals surface area (Å²) in [7, 11) is 0. The summed E-state index contributed by atoms with van der Waals surface area (Å²) in [6, 6.07) is -0.718. The van der Waals surface area contributed by atoms with Crippen LogP contribution in [0.4, 0.5) is 0 Å². The van der Waals surface area contributed by atoms with E-state index in [2.05, 4.69) is 92.9 Å². The van der Waals surface area contributed by atoms with Crippen molar-refractivity contribution in [3.63, 3.8) is 0 Å². The Bertz CT molecular complexity index is 1230. The van der Waals surface area contributed by atoms with E-state index in [0.29, 0.717) is 19.3 Å². The van der Waals surface area contributed by atoms with Crippen molar-refractivity contribution in [1.82, 2.24) is 5.32 Å². The molecule has 3 unspecified atom stereocenters. The van der Waals surface area contributed by atoms with Crippen LogP contribution in [-0.4, -0.2) is 46.9 Å². The number of aliphatic hydroxyl groups excluding tert-OH is 2. The van der Waals surface area contributed by atoms with E-state index in [1.165, 1.54) is 89.9 Å². The molecule has 1 amide bonds. The van der Waals surface area contributed by atoms with Crippen LogP contribution >= 0.6 is 0 Å². The molecule has 0 bridgehead atoms. The zero-order chi connectivity index (χ0) is 46.7. The number of allylic oxidation sites excluding steroid dienone is 14. The summed E-state index contributed by atoms with van der Waals surface area (Å²) in [5, 5.41) is 23.8. The Kier molecular flexibility index (Phi) is 48.7. The molecule has 0 saturated heterocycles. The second kappa shape index (κ2) is 51.0. The zero-order valence-corrected chi connectivity index (χ0v) is 41.9. The lowest BCUT2D eigenvalue weighted by molar-refractivity contribution is -0.151. The number of nitrogens with one attached hydrogen (secondary N) is 1. The molecule has 0 aromatic rings. The summed E-state index contributed by atoms with van der Waals surface area (Å²) in [5.74, 6) is -0.523. The maximum Gasteiger partial charge on any atom is 0.306 e. The van der Waals surface area contributed by atoms with Crippen LogP contribution in [0.2, 0.25) is 0 Å². The molecule has 0 aromatic carbocycles. The van der Waals surface area contributed by atoms with Crippen LogP contribution in [-0.2, 0) is 14.3 Å². The van der Waals surface area contributed by atoms with Gasteiger partial charge in [-0.15, -0.1) is 0 Å². The Morgan fingerprint density at radius 3 is 1.28 bits per heavy atom. The van der Waals surface area contributed by atoms with Crippen LogP contribution in [0.5, 0.6) is 0 Å². The number of amides is 1. The first kappa shape index (κ1) is 61.0. The van der Waals surface area contributed by atoms with E-state index < -0.39 is 18.2 Å². The highest BCUT2D eigenvalue weighted by Crippen LogP contribution is 2.18. The minimum absolute atomic E-state index is 0.0503. The van der Waals surface area contributed by atoms with Gasteiger partial charge in [0.1, 0.15) is 6.10 Å². The standard InChI is InChI=1S/C58H101NO5/c1-4-7-10-13-16-19-22-25-27-28-30-32-35-38-41-44-47-50-56(61)55(53-60)59-57(62)52-54(49-46-43-40-37-34-31-24-21-18-15-12-9-6-3)64-58(63)51-48-45-42-39-36-33-29-26-23-20-17-14-11-8-5-2/h8-9,11-12,14-15,17-18,20-21,23-24,26,29,54-56,60-61H,4-7,10,13,16,19,22,25,27-28,30-53H2,1-3H3,(H,59,62)/b11-8+,12-9+,17-14+,18-15+,23-20+,24-21+,29-26-. The number of rotatable bonds is 47. The molecule has 3 atom stereocenters. The van der Waals surface area contributed by atoms with E-state index in [-0.39, 0.29) is 24.9 Å². The third-order valence-electron chi connectivity index (χ3n) is 11.9. The van der Waals surface area contributed by atoms with Crippen LogP contribution in [0.25, 0.3) is 0 Å². The quantitative estimate of drug-likeness (QED) is 0.0321. The zero-order valence-electron chi connectivity index (χ0n) is 41.9. The van der Waals surface area contributed by atoms with Gasteiger partial charge in [-0.1, -0.05) is 254 Å². The van der Waals surface area contributed by atoms with Gasteiger partial charge in [0.15, 0.2) is 0 Å². The van der Waals surface area contributed by atoms with Crippen molar-refractivity contribution >= 4 is 11.9 Å². The summed E-state index contributed by atoms with van der Waals surface area (Å²) < 4.78 is 5.92. The van der Waals surface area contributed by atoms with E-state index in [0.717, 1.165) is 109 Å². The SMILES string of the molecule is CC/C=C/C=C/C=C/C=C\CCCCCCCC(=O)OC(CCCCCCC/C=C/C=C/C=C/CC)CC(=O)NC(CO)C(O)CCCCCCCCCCCCCCCCCCC. The Morgan fingerprint density at radius 2 is 0.844 bits per heavy atom. The molecule has 0 spiro atoms. The van der Waals surface area contributed by atoms with Crippen molar-refractivity contribution in [2.75, 3.05) is 6.61 Å². The molecule has 6 heteroatoms. The molecule has 6 nitrogen and oxygen atoms in total. The number of carbonyl (C=O) groups excluding carboxylic acids is 2. The maximum absolute atomic E-state index is 13.2. The topological polar surface area (TPSA) is 95.9 Å². The fourth-order valence-electron chi connectivity index (χ4n) is 7.85.